The number of aliphatic hydroxyl groups is 1. The second-order valence-corrected chi connectivity index (χ2v) is 7.76. The van der Waals surface area contributed by atoms with E-state index in [2.05, 4.69) is 10.3 Å². The molecule has 0 aromatic rings. The molecule has 0 aliphatic carbocycles. The summed E-state index contributed by atoms with van der Waals surface area (Å²) in [7, 11) is 0. The first-order chi connectivity index (χ1) is 14.6. The number of nitrogens with one attached hydrogen (secondary N) is 1. The van der Waals surface area contributed by atoms with Crippen LogP contribution >= 0.6 is 0 Å². The Labute approximate surface area is 180 Å². The quantitative estimate of drug-likeness (QED) is 0.117. The van der Waals surface area contributed by atoms with E-state index in [1.54, 1.807) is 0 Å². The third-order valence-electron chi connectivity index (χ3n) is 5.50. The first-order valence-corrected chi connectivity index (χ1v) is 10.3. The lowest BCUT2D eigenvalue weighted by atomic mass is 10.1. The molecule has 31 heavy (non-hydrogen) atoms. The average molecular weight is 441 g/mol. The maximum absolute atomic E-state index is 13.1. The van der Waals surface area contributed by atoms with Gasteiger partial charge in [-0.3, -0.25) is 24.2 Å². The summed E-state index contributed by atoms with van der Waals surface area (Å²) in [6.07, 6.45) is 0.872. The van der Waals surface area contributed by atoms with Crippen molar-refractivity contribution in [3.63, 3.8) is 0 Å². The number of guanidine groups is 1. The van der Waals surface area contributed by atoms with Crippen LogP contribution in [0.15, 0.2) is 4.99 Å². The molecular weight excluding hydrogens is 408 g/mol. The van der Waals surface area contributed by atoms with Crippen LogP contribution in [-0.2, 0) is 19.2 Å². The summed E-state index contributed by atoms with van der Waals surface area (Å²) in [6, 6.07) is -2.63. The van der Waals surface area contributed by atoms with Crippen LogP contribution in [0.1, 0.15) is 32.1 Å². The van der Waals surface area contributed by atoms with E-state index in [4.69, 9.17) is 22.9 Å². The van der Waals surface area contributed by atoms with Crippen molar-refractivity contribution in [1.82, 2.24) is 15.1 Å². The number of carbonyl (C=O) groups is 4. The highest BCUT2D eigenvalue weighted by Gasteiger charge is 2.41. The molecule has 0 bridgehead atoms. The first kappa shape index (κ1) is 24.3. The lowest BCUT2D eigenvalue weighted by Gasteiger charge is -2.30. The van der Waals surface area contributed by atoms with Gasteiger partial charge >= 0.3 is 0 Å². The zero-order valence-electron chi connectivity index (χ0n) is 17.4. The van der Waals surface area contributed by atoms with Crippen LogP contribution in [-0.4, -0.2) is 94.9 Å². The summed E-state index contributed by atoms with van der Waals surface area (Å²) in [5.74, 6) is -2.17. The number of primary amides is 1. The minimum atomic E-state index is -0.964. The molecule has 2 saturated heterocycles. The van der Waals surface area contributed by atoms with Crippen molar-refractivity contribution in [3.8, 4) is 0 Å². The Morgan fingerprint density at radius 2 is 1.84 bits per heavy atom. The highest BCUT2D eigenvalue weighted by atomic mass is 16.3. The third-order valence-corrected chi connectivity index (χ3v) is 5.50. The number of rotatable bonds is 9. The summed E-state index contributed by atoms with van der Waals surface area (Å²) in [5.41, 5.74) is 21.4. The van der Waals surface area contributed by atoms with Crippen LogP contribution in [0.4, 0.5) is 0 Å². The SMILES string of the molecule is NCC(=O)N1C[C@H](O)C[C@H]1C(=O)N[C@@H](CCCN=C(N)N)C(=O)N1CCC[C@H]1C(N)=O. The number of hydrogen-bond donors (Lipinski definition) is 6. The van der Waals surface area contributed by atoms with Gasteiger partial charge in [0.25, 0.3) is 0 Å². The zero-order chi connectivity index (χ0) is 23.1. The molecule has 0 unspecified atom stereocenters. The van der Waals surface area contributed by atoms with E-state index in [-0.39, 0.29) is 38.4 Å². The van der Waals surface area contributed by atoms with Crippen LogP contribution in [0.25, 0.3) is 0 Å². The van der Waals surface area contributed by atoms with Crippen LogP contribution in [0.5, 0.6) is 0 Å². The lowest BCUT2D eigenvalue weighted by Crippen LogP contribution is -2.56. The van der Waals surface area contributed by atoms with Crippen LogP contribution in [0.2, 0.25) is 0 Å². The molecule has 2 heterocycles. The van der Waals surface area contributed by atoms with Crippen molar-refractivity contribution in [1.29, 1.82) is 0 Å². The summed E-state index contributed by atoms with van der Waals surface area (Å²) >= 11 is 0. The summed E-state index contributed by atoms with van der Waals surface area (Å²) in [4.78, 5) is 56.3. The molecule has 4 amide bonds. The Morgan fingerprint density at radius 1 is 1.13 bits per heavy atom. The highest BCUT2D eigenvalue weighted by Crippen LogP contribution is 2.21. The van der Waals surface area contributed by atoms with E-state index in [9.17, 15) is 24.3 Å². The number of aliphatic imine (C=N–C) groups is 1. The molecule has 2 fully saturated rings. The lowest BCUT2D eigenvalue weighted by molar-refractivity contribution is -0.142. The molecular formula is C18H32N8O5. The average Bonchev–Trinajstić information content (AvgIpc) is 3.35. The standard InChI is InChI=1S/C18H32N8O5/c19-8-14(28)26-9-10(27)7-13(26)16(30)24-11(3-1-5-23-18(21)22)17(31)25-6-2-4-12(25)15(20)29/h10-13,27H,1-9,19H2,(H2,20,29)(H,24,30)(H4,21,22,23)/t10-,11+,12+,13+/m1/s1. The van der Waals surface area contributed by atoms with Gasteiger partial charge in [0, 0.05) is 26.1 Å². The fourth-order valence-electron chi connectivity index (χ4n) is 4.01. The molecule has 2 rings (SSSR count). The smallest absolute Gasteiger partial charge is 0.245 e. The highest BCUT2D eigenvalue weighted by molar-refractivity contribution is 5.94. The molecule has 0 aromatic carbocycles. The first-order valence-electron chi connectivity index (χ1n) is 10.3. The molecule has 10 N–H and O–H groups in total. The maximum atomic E-state index is 13.1. The number of amides is 4. The summed E-state index contributed by atoms with van der Waals surface area (Å²) in [5, 5.41) is 12.6. The monoisotopic (exact) mass is 440 g/mol. The summed E-state index contributed by atoms with van der Waals surface area (Å²) < 4.78 is 0. The second-order valence-electron chi connectivity index (χ2n) is 7.76. The molecule has 2 aliphatic heterocycles. The van der Waals surface area contributed by atoms with Gasteiger partial charge in [0.2, 0.25) is 23.6 Å². The number of nitrogens with zero attached hydrogens (tertiary/aromatic N) is 3. The predicted octanol–water partition coefficient (Wildman–Crippen LogP) is -4.08. The number of carbonyl (C=O) groups excluding carboxylic acids is 4. The van der Waals surface area contributed by atoms with Gasteiger partial charge in [-0.05, 0) is 25.7 Å². The fourth-order valence-corrected chi connectivity index (χ4v) is 4.01. The van der Waals surface area contributed by atoms with E-state index in [1.807, 2.05) is 0 Å². The third kappa shape index (κ3) is 6.28. The Morgan fingerprint density at radius 3 is 2.45 bits per heavy atom. The van der Waals surface area contributed by atoms with Crippen molar-refractivity contribution in [2.75, 3.05) is 26.2 Å². The fraction of sp³-hybridized carbons (Fsp3) is 0.722. The summed E-state index contributed by atoms with van der Waals surface area (Å²) in [6.45, 7) is 0.298. The van der Waals surface area contributed by atoms with E-state index in [0.717, 1.165) is 0 Å². The maximum Gasteiger partial charge on any atom is 0.245 e. The molecule has 13 nitrogen and oxygen atoms in total. The van der Waals surface area contributed by atoms with Gasteiger partial charge in [0.15, 0.2) is 5.96 Å². The Hall–Kier alpha value is -2.93. The van der Waals surface area contributed by atoms with Crippen molar-refractivity contribution in [2.45, 2.75) is 56.3 Å². The van der Waals surface area contributed by atoms with Crippen LogP contribution < -0.4 is 28.3 Å². The zero-order valence-corrected chi connectivity index (χ0v) is 17.4. The van der Waals surface area contributed by atoms with Crippen molar-refractivity contribution in [2.24, 2.45) is 27.9 Å². The van der Waals surface area contributed by atoms with Crippen molar-refractivity contribution in [3.05, 3.63) is 0 Å². The topological polar surface area (TPSA) is 223 Å². The number of nitrogens with two attached hydrogens (primary N) is 4. The van der Waals surface area contributed by atoms with E-state index >= 15 is 0 Å². The van der Waals surface area contributed by atoms with Gasteiger partial charge in [-0.2, -0.15) is 0 Å². The Balaban J connectivity index is 2.14. The van der Waals surface area contributed by atoms with Gasteiger partial charge in [-0.25, -0.2) is 0 Å². The molecule has 0 spiro atoms. The molecule has 13 heteroatoms. The van der Waals surface area contributed by atoms with E-state index in [0.29, 0.717) is 25.8 Å². The van der Waals surface area contributed by atoms with E-state index < -0.39 is 47.9 Å². The second kappa shape index (κ2) is 10.9. The van der Waals surface area contributed by atoms with Gasteiger partial charge in [-0.15, -0.1) is 0 Å². The molecule has 2 aliphatic rings. The van der Waals surface area contributed by atoms with E-state index in [1.165, 1.54) is 9.80 Å². The van der Waals surface area contributed by atoms with Crippen LogP contribution in [0, 0.1) is 0 Å². The number of aliphatic hydroxyl groups excluding tert-OH is 1. The number of hydrogen-bond acceptors (Lipinski definition) is 7. The minimum Gasteiger partial charge on any atom is -0.391 e. The molecule has 0 aromatic heterocycles. The number of β-amino-alcohol motifs (C(OH)–C–C–N with tert-alkyl or cyclic N) is 1. The Kier molecular flexibility index (Phi) is 8.56. The van der Waals surface area contributed by atoms with Gasteiger partial charge in [-0.1, -0.05) is 0 Å². The van der Waals surface area contributed by atoms with Crippen molar-refractivity contribution < 1.29 is 24.3 Å². The Bertz CT molecular complexity index is 726. The number of likely N-dealkylation sites (tertiary alicyclic amines) is 2. The normalized spacial score (nSPS) is 24.0. The van der Waals surface area contributed by atoms with Crippen LogP contribution in [0.3, 0.4) is 0 Å². The molecule has 0 radical (unpaired) electrons. The minimum absolute atomic E-state index is 0.00685. The van der Waals surface area contributed by atoms with Gasteiger partial charge < -0.3 is 43.2 Å². The van der Waals surface area contributed by atoms with Gasteiger partial charge in [0.05, 0.1) is 12.6 Å². The predicted molar refractivity (Wildman–Crippen MR) is 111 cm³/mol. The van der Waals surface area contributed by atoms with Gasteiger partial charge in [0.1, 0.15) is 18.1 Å². The largest absolute Gasteiger partial charge is 0.391 e. The molecule has 174 valence electrons. The van der Waals surface area contributed by atoms with Crippen molar-refractivity contribution >= 4 is 29.6 Å². The molecule has 4 atom stereocenters. The molecule has 0 saturated carbocycles.